The maximum absolute atomic E-state index is 12.3. The Bertz CT molecular complexity index is 483. The smallest absolute Gasteiger partial charge is 0.322 e. The Kier molecular flexibility index (Phi) is 3.71. The Balaban J connectivity index is 2.18. The van der Waals surface area contributed by atoms with E-state index in [1.807, 2.05) is 12.1 Å². The molecule has 0 bridgehead atoms. The van der Waals surface area contributed by atoms with Crippen molar-refractivity contribution in [3.63, 3.8) is 0 Å². The first-order valence-corrected chi connectivity index (χ1v) is 6.40. The summed E-state index contributed by atoms with van der Waals surface area (Å²) in [6.07, 6.45) is 0.946. The Morgan fingerprint density at radius 1 is 1.26 bits per heavy atom. The number of hydrogen-bond donors (Lipinski definition) is 1. The van der Waals surface area contributed by atoms with Gasteiger partial charge in [0, 0.05) is 5.56 Å². The van der Waals surface area contributed by atoms with Gasteiger partial charge in [-0.3, -0.25) is 9.59 Å². The monoisotopic (exact) mass is 262 g/mol. The summed E-state index contributed by atoms with van der Waals surface area (Å²) in [7, 11) is 0. The molecule has 0 saturated carbocycles. The molecule has 0 radical (unpaired) electrons. The first-order valence-electron chi connectivity index (χ1n) is 6.40. The molecular formula is C15H18O4. The van der Waals surface area contributed by atoms with Crippen molar-refractivity contribution in [3.8, 4) is 0 Å². The minimum Gasteiger partial charge on any atom is -0.480 e. The highest BCUT2D eigenvalue weighted by Gasteiger charge is 2.53. The molecule has 0 amide bonds. The fourth-order valence-corrected chi connectivity index (χ4v) is 2.20. The number of benzene rings is 1. The van der Waals surface area contributed by atoms with Gasteiger partial charge in [0.1, 0.15) is 0 Å². The van der Waals surface area contributed by atoms with E-state index in [0.717, 1.165) is 12.0 Å². The Hall–Kier alpha value is -1.68. The summed E-state index contributed by atoms with van der Waals surface area (Å²) in [5.41, 5.74) is 0.221. The standard InChI is InChI=1S/C15H18O4/c1-10(2)7-11-3-5-12(6-4-11)13(16)15(14(17)18)8-19-9-15/h3-6,10H,7-9H2,1-2H3,(H,17,18). The molecule has 1 heterocycles. The molecule has 1 saturated heterocycles. The van der Waals surface area contributed by atoms with Crippen LogP contribution in [-0.4, -0.2) is 30.1 Å². The zero-order chi connectivity index (χ0) is 14.0. The van der Waals surface area contributed by atoms with E-state index >= 15 is 0 Å². The first-order chi connectivity index (χ1) is 8.95. The van der Waals surface area contributed by atoms with Crippen LogP contribution in [0.25, 0.3) is 0 Å². The van der Waals surface area contributed by atoms with E-state index in [1.165, 1.54) is 0 Å². The quantitative estimate of drug-likeness (QED) is 0.652. The van der Waals surface area contributed by atoms with Crippen molar-refractivity contribution in [2.45, 2.75) is 20.3 Å². The van der Waals surface area contributed by atoms with Crippen LogP contribution >= 0.6 is 0 Å². The van der Waals surface area contributed by atoms with Crippen LogP contribution in [0.1, 0.15) is 29.8 Å². The zero-order valence-electron chi connectivity index (χ0n) is 11.2. The zero-order valence-corrected chi connectivity index (χ0v) is 11.2. The third kappa shape index (κ3) is 2.54. The minimum atomic E-state index is -1.38. The van der Waals surface area contributed by atoms with E-state index in [4.69, 9.17) is 4.74 Å². The lowest BCUT2D eigenvalue weighted by Crippen LogP contribution is -2.54. The Morgan fingerprint density at radius 2 is 1.84 bits per heavy atom. The van der Waals surface area contributed by atoms with Crippen LogP contribution in [0.5, 0.6) is 0 Å². The van der Waals surface area contributed by atoms with E-state index in [2.05, 4.69) is 13.8 Å². The highest BCUT2D eigenvalue weighted by molar-refractivity contribution is 6.13. The number of ether oxygens (including phenoxy) is 1. The van der Waals surface area contributed by atoms with Gasteiger partial charge in [0.2, 0.25) is 0 Å². The van der Waals surface area contributed by atoms with Gasteiger partial charge in [0.15, 0.2) is 11.2 Å². The Morgan fingerprint density at radius 3 is 2.21 bits per heavy atom. The predicted molar refractivity (Wildman–Crippen MR) is 70.2 cm³/mol. The maximum atomic E-state index is 12.3. The van der Waals surface area contributed by atoms with Gasteiger partial charge in [0.05, 0.1) is 13.2 Å². The van der Waals surface area contributed by atoms with Crippen molar-refractivity contribution in [1.29, 1.82) is 0 Å². The van der Waals surface area contributed by atoms with Crippen LogP contribution < -0.4 is 0 Å². The number of carbonyl (C=O) groups is 2. The lowest BCUT2D eigenvalue weighted by atomic mass is 9.78. The van der Waals surface area contributed by atoms with Gasteiger partial charge >= 0.3 is 5.97 Å². The lowest BCUT2D eigenvalue weighted by molar-refractivity contribution is -0.168. The first kappa shape index (κ1) is 13.7. The number of ketones is 1. The Labute approximate surface area is 112 Å². The maximum Gasteiger partial charge on any atom is 0.322 e. The van der Waals surface area contributed by atoms with Crippen LogP contribution in [0.3, 0.4) is 0 Å². The van der Waals surface area contributed by atoms with Crippen LogP contribution in [0.15, 0.2) is 24.3 Å². The molecule has 0 spiro atoms. The molecule has 2 rings (SSSR count). The van der Waals surface area contributed by atoms with Gasteiger partial charge in [-0.25, -0.2) is 0 Å². The molecule has 0 aromatic heterocycles. The van der Waals surface area contributed by atoms with E-state index in [-0.39, 0.29) is 19.0 Å². The van der Waals surface area contributed by atoms with E-state index < -0.39 is 11.4 Å². The van der Waals surface area contributed by atoms with Gasteiger partial charge in [-0.05, 0) is 17.9 Å². The molecule has 1 aromatic rings. The van der Waals surface area contributed by atoms with Gasteiger partial charge in [-0.2, -0.15) is 0 Å². The number of carbonyl (C=O) groups excluding carboxylic acids is 1. The third-order valence-corrected chi connectivity index (χ3v) is 3.40. The van der Waals surface area contributed by atoms with Crippen molar-refractivity contribution < 1.29 is 19.4 Å². The van der Waals surface area contributed by atoms with Crippen LogP contribution in [0.4, 0.5) is 0 Å². The van der Waals surface area contributed by atoms with E-state index in [9.17, 15) is 14.7 Å². The average Bonchev–Trinajstić information content (AvgIpc) is 2.26. The lowest BCUT2D eigenvalue weighted by Gasteiger charge is -2.35. The molecule has 0 unspecified atom stereocenters. The number of Topliss-reactive ketones (excluding diaryl/α,β-unsaturated/α-hetero) is 1. The summed E-state index contributed by atoms with van der Waals surface area (Å²) in [5, 5.41) is 9.19. The highest BCUT2D eigenvalue weighted by atomic mass is 16.5. The van der Waals surface area contributed by atoms with E-state index in [1.54, 1.807) is 12.1 Å². The summed E-state index contributed by atoms with van der Waals surface area (Å²) in [6.45, 7) is 4.19. The summed E-state index contributed by atoms with van der Waals surface area (Å²) in [4.78, 5) is 23.5. The normalized spacial score (nSPS) is 17.0. The third-order valence-electron chi connectivity index (χ3n) is 3.40. The molecule has 4 nitrogen and oxygen atoms in total. The summed E-state index contributed by atoms with van der Waals surface area (Å²) in [6, 6.07) is 7.21. The van der Waals surface area contributed by atoms with Crippen molar-refractivity contribution in [2.24, 2.45) is 11.3 Å². The molecule has 1 N–H and O–H groups in total. The summed E-state index contributed by atoms with van der Waals surface area (Å²) < 4.78 is 4.92. The van der Waals surface area contributed by atoms with Crippen molar-refractivity contribution in [2.75, 3.05) is 13.2 Å². The van der Waals surface area contributed by atoms with Gasteiger partial charge < -0.3 is 9.84 Å². The molecule has 0 aliphatic carbocycles. The summed E-state index contributed by atoms with van der Waals surface area (Å²) >= 11 is 0. The molecule has 1 aromatic carbocycles. The van der Waals surface area contributed by atoms with Crippen LogP contribution in [0.2, 0.25) is 0 Å². The van der Waals surface area contributed by atoms with Gasteiger partial charge in [-0.15, -0.1) is 0 Å². The molecule has 0 atom stereocenters. The number of carboxylic acids is 1. The van der Waals surface area contributed by atoms with Crippen LogP contribution in [-0.2, 0) is 16.0 Å². The summed E-state index contributed by atoms with van der Waals surface area (Å²) in [5.74, 6) is -0.913. The molecule has 19 heavy (non-hydrogen) atoms. The second-order valence-electron chi connectivity index (χ2n) is 5.50. The SMILES string of the molecule is CC(C)Cc1ccc(C(=O)C2(C(=O)O)COC2)cc1. The molecule has 1 aliphatic rings. The van der Waals surface area contributed by atoms with Crippen molar-refractivity contribution in [1.82, 2.24) is 0 Å². The number of rotatable bonds is 5. The molecule has 1 aliphatic heterocycles. The number of hydrogen-bond acceptors (Lipinski definition) is 3. The van der Waals surface area contributed by atoms with Crippen molar-refractivity contribution in [3.05, 3.63) is 35.4 Å². The predicted octanol–water partition coefficient (Wildman–Crippen LogP) is 2.17. The molecule has 1 fully saturated rings. The average molecular weight is 262 g/mol. The fourth-order valence-electron chi connectivity index (χ4n) is 2.20. The second-order valence-corrected chi connectivity index (χ2v) is 5.50. The highest BCUT2D eigenvalue weighted by Crippen LogP contribution is 2.32. The van der Waals surface area contributed by atoms with E-state index in [0.29, 0.717) is 11.5 Å². The number of carboxylic acid groups (broad SMARTS) is 1. The van der Waals surface area contributed by atoms with Crippen LogP contribution in [0, 0.1) is 11.3 Å². The van der Waals surface area contributed by atoms with Gasteiger partial charge in [-0.1, -0.05) is 38.1 Å². The molecule has 102 valence electrons. The largest absolute Gasteiger partial charge is 0.480 e. The minimum absolute atomic E-state index is 0.0328. The topological polar surface area (TPSA) is 63.6 Å². The fraction of sp³-hybridized carbons (Fsp3) is 0.467. The number of aliphatic carboxylic acids is 1. The van der Waals surface area contributed by atoms with Crippen molar-refractivity contribution >= 4 is 11.8 Å². The second kappa shape index (κ2) is 5.13. The molecular weight excluding hydrogens is 244 g/mol. The van der Waals surface area contributed by atoms with Gasteiger partial charge in [0.25, 0.3) is 0 Å². The molecule has 4 heteroatoms.